The number of aryl methyl sites for hydroxylation is 4. The molecule has 3 rings (SSSR count). The molecule has 2 aromatic carbocycles. The number of hydrogen-bond acceptors (Lipinski definition) is 5. The van der Waals surface area contributed by atoms with Gasteiger partial charge in [0.15, 0.2) is 0 Å². The van der Waals surface area contributed by atoms with E-state index in [1.807, 2.05) is 39.0 Å². The fourth-order valence-electron chi connectivity index (χ4n) is 2.87. The monoisotopic (exact) mass is 394 g/mol. The molecule has 3 aromatic rings. The highest BCUT2D eigenvalue weighted by molar-refractivity contribution is 6.05. The number of benzene rings is 2. The maximum absolute atomic E-state index is 12.6. The van der Waals surface area contributed by atoms with Crippen LogP contribution in [0.4, 0.5) is 11.4 Å². The first-order valence-corrected chi connectivity index (χ1v) is 9.17. The first kappa shape index (κ1) is 20.1. The first-order valence-electron chi connectivity index (χ1n) is 9.17. The Balaban J connectivity index is 1.92. The standard InChI is InChI=1S/C21H22N4O4/c1-5-24-12-19(15(4)23-24)21(26)22-16-9-17(25(27)28)11-18(10-16)29-20-8-13(2)6-7-14(20)3/h6-12H,5H2,1-4H3,(H,22,26). The Bertz CT molecular complexity index is 1090. The number of nitrogens with one attached hydrogen (secondary N) is 1. The van der Waals surface area contributed by atoms with Crippen LogP contribution in [-0.4, -0.2) is 20.6 Å². The van der Waals surface area contributed by atoms with Crippen molar-refractivity contribution < 1.29 is 14.5 Å². The Morgan fingerprint density at radius 3 is 2.62 bits per heavy atom. The Morgan fingerprint density at radius 1 is 1.21 bits per heavy atom. The summed E-state index contributed by atoms with van der Waals surface area (Å²) in [5.41, 5.74) is 3.00. The van der Waals surface area contributed by atoms with Crippen LogP contribution in [0.15, 0.2) is 42.6 Å². The smallest absolute Gasteiger partial charge is 0.275 e. The van der Waals surface area contributed by atoms with Gasteiger partial charge in [0.2, 0.25) is 0 Å². The number of non-ortho nitro benzene ring substituents is 1. The van der Waals surface area contributed by atoms with Crippen molar-refractivity contribution in [1.82, 2.24) is 9.78 Å². The van der Waals surface area contributed by atoms with Gasteiger partial charge in [0.1, 0.15) is 11.5 Å². The van der Waals surface area contributed by atoms with Crippen LogP contribution in [0.25, 0.3) is 0 Å². The summed E-state index contributed by atoms with van der Waals surface area (Å²) in [6.07, 6.45) is 1.65. The number of nitro groups is 1. The number of hydrogen-bond donors (Lipinski definition) is 1. The fourth-order valence-corrected chi connectivity index (χ4v) is 2.87. The highest BCUT2D eigenvalue weighted by Crippen LogP contribution is 2.32. The van der Waals surface area contributed by atoms with Gasteiger partial charge in [0, 0.05) is 24.9 Å². The molecule has 1 amide bonds. The molecule has 1 N–H and O–H groups in total. The minimum atomic E-state index is -0.522. The molecule has 8 nitrogen and oxygen atoms in total. The second-order valence-electron chi connectivity index (χ2n) is 6.78. The van der Waals surface area contributed by atoms with Crippen molar-refractivity contribution in [2.75, 3.05) is 5.32 Å². The Kier molecular flexibility index (Phi) is 5.63. The molecular formula is C21H22N4O4. The summed E-state index contributed by atoms with van der Waals surface area (Å²) in [6.45, 7) is 8.13. The molecule has 0 aliphatic heterocycles. The molecule has 0 spiro atoms. The summed E-state index contributed by atoms with van der Waals surface area (Å²) in [7, 11) is 0. The van der Waals surface area contributed by atoms with E-state index in [2.05, 4.69) is 10.4 Å². The van der Waals surface area contributed by atoms with E-state index in [0.29, 0.717) is 23.6 Å². The zero-order valence-corrected chi connectivity index (χ0v) is 16.7. The Hall–Kier alpha value is -3.68. The first-order chi connectivity index (χ1) is 13.8. The second kappa shape index (κ2) is 8.14. The number of amides is 1. The van der Waals surface area contributed by atoms with Crippen molar-refractivity contribution >= 4 is 17.3 Å². The quantitative estimate of drug-likeness (QED) is 0.479. The average Bonchev–Trinajstić information content (AvgIpc) is 3.05. The lowest BCUT2D eigenvalue weighted by molar-refractivity contribution is -0.384. The number of aromatic nitrogens is 2. The van der Waals surface area contributed by atoms with Crippen molar-refractivity contribution in [2.24, 2.45) is 0 Å². The number of rotatable bonds is 6. The van der Waals surface area contributed by atoms with Gasteiger partial charge in [-0.05, 0) is 44.9 Å². The molecule has 1 aromatic heterocycles. The topological polar surface area (TPSA) is 99.3 Å². The maximum Gasteiger partial charge on any atom is 0.275 e. The van der Waals surface area contributed by atoms with E-state index in [1.165, 1.54) is 12.1 Å². The van der Waals surface area contributed by atoms with Crippen LogP contribution < -0.4 is 10.1 Å². The number of carbonyl (C=O) groups is 1. The lowest BCUT2D eigenvalue weighted by atomic mass is 10.1. The van der Waals surface area contributed by atoms with E-state index >= 15 is 0 Å². The SMILES string of the molecule is CCn1cc(C(=O)Nc2cc(Oc3cc(C)ccc3C)cc([N+](=O)[O-])c2)c(C)n1. The minimum absolute atomic E-state index is 0.177. The molecule has 0 unspecified atom stereocenters. The molecule has 0 atom stereocenters. The normalized spacial score (nSPS) is 10.6. The van der Waals surface area contributed by atoms with Gasteiger partial charge in [-0.25, -0.2) is 0 Å². The van der Waals surface area contributed by atoms with Gasteiger partial charge in [-0.3, -0.25) is 19.6 Å². The third-order valence-electron chi connectivity index (χ3n) is 4.45. The zero-order chi connectivity index (χ0) is 21.1. The van der Waals surface area contributed by atoms with E-state index < -0.39 is 4.92 Å². The molecular weight excluding hydrogens is 372 g/mol. The number of carbonyl (C=O) groups excluding carboxylic acids is 1. The van der Waals surface area contributed by atoms with Gasteiger partial charge in [-0.15, -0.1) is 0 Å². The van der Waals surface area contributed by atoms with E-state index in [0.717, 1.165) is 11.1 Å². The molecule has 0 aliphatic rings. The third kappa shape index (κ3) is 4.60. The second-order valence-corrected chi connectivity index (χ2v) is 6.78. The van der Waals surface area contributed by atoms with E-state index in [-0.39, 0.29) is 23.0 Å². The van der Waals surface area contributed by atoms with Crippen molar-refractivity contribution in [3.8, 4) is 11.5 Å². The van der Waals surface area contributed by atoms with E-state index in [9.17, 15) is 14.9 Å². The van der Waals surface area contributed by atoms with Gasteiger partial charge in [0.05, 0.1) is 27.9 Å². The molecule has 29 heavy (non-hydrogen) atoms. The van der Waals surface area contributed by atoms with Crippen molar-refractivity contribution in [2.45, 2.75) is 34.2 Å². The summed E-state index contributed by atoms with van der Waals surface area (Å²) in [5, 5.41) is 18.3. The van der Waals surface area contributed by atoms with Gasteiger partial charge in [0.25, 0.3) is 11.6 Å². The Morgan fingerprint density at radius 2 is 1.97 bits per heavy atom. The van der Waals surface area contributed by atoms with Gasteiger partial charge in [-0.1, -0.05) is 12.1 Å². The van der Waals surface area contributed by atoms with Crippen LogP contribution in [0.5, 0.6) is 11.5 Å². The third-order valence-corrected chi connectivity index (χ3v) is 4.45. The fraction of sp³-hybridized carbons (Fsp3) is 0.238. The molecule has 0 radical (unpaired) electrons. The predicted molar refractivity (Wildman–Crippen MR) is 110 cm³/mol. The lowest BCUT2D eigenvalue weighted by Crippen LogP contribution is -2.12. The van der Waals surface area contributed by atoms with Gasteiger partial charge < -0.3 is 10.1 Å². The molecule has 0 fully saturated rings. The predicted octanol–water partition coefficient (Wildman–Crippen LogP) is 4.78. The summed E-state index contributed by atoms with van der Waals surface area (Å²) < 4.78 is 7.54. The molecule has 0 aliphatic carbocycles. The van der Waals surface area contributed by atoms with Crippen molar-refractivity contribution in [1.29, 1.82) is 0 Å². The molecule has 0 saturated carbocycles. The van der Waals surface area contributed by atoms with Crippen LogP contribution in [0, 0.1) is 30.9 Å². The summed E-state index contributed by atoms with van der Waals surface area (Å²) >= 11 is 0. The summed E-state index contributed by atoms with van der Waals surface area (Å²) in [6, 6.07) is 9.92. The van der Waals surface area contributed by atoms with Crippen molar-refractivity contribution in [3.63, 3.8) is 0 Å². The number of ether oxygens (including phenoxy) is 1. The van der Waals surface area contributed by atoms with E-state index in [1.54, 1.807) is 23.9 Å². The van der Waals surface area contributed by atoms with Crippen molar-refractivity contribution in [3.05, 3.63) is 75.1 Å². The van der Waals surface area contributed by atoms with Crippen LogP contribution in [-0.2, 0) is 6.54 Å². The average molecular weight is 394 g/mol. The molecule has 8 heteroatoms. The van der Waals surface area contributed by atoms with Crippen LogP contribution in [0.2, 0.25) is 0 Å². The number of nitrogens with zero attached hydrogens (tertiary/aromatic N) is 3. The van der Waals surface area contributed by atoms with Crippen LogP contribution in [0.3, 0.4) is 0 Å². The highest BCUT2D eigenvalue weighted by Gasteiger charge is 2.17. The summed E-state index contributed by atoms with van der Waals surface area (Å²) in [4.78, 5) is 23.5. The number of anilines is 1. The summed E-state index contributed by atoms with van der Waals surface area (Å²) in [5.74, 6) is 0.479. The van der Waals surface area contributed by atoms with E-state index in [4.69, 9.17) is 4.74 Å². The minimum Gasteiger partial charge on any atom is -0.457 e. The number of nitro benzene ring substituents is 1. The van der Waals surface area contributed by atoms with Gasteiger partial charge >= 0.3 is 0 Å². The largest absolute Gasteiger partial charge is 0.457 e. The zero-order valence-electron chi connectivity index (χ0n) is 16.7. The van der Waals surface area contributed by atoms with Crippen LogP contribution in [0.1, 0.15) is 34.1 Å². The van der Waals surface area contributed by atoms with Gasteiger partial charge in [-0.2, -0.15) is 5.10 Å². The highest BCUT2D eigenvalue weighted by atomic mass is 16.6. The molecule has 0 bridgehead atoms. The van der Waals surface area contributed by atoms with Crippen LogP contribution >= 0.6 is 0 Å². The maximum atomic E-state index is 12.6. The molecule has 1 heterocycles. The molecule has 150 valence electrons. The Labute approximate surface area is 168 Å². The lowest BCUT2D eigenvalue weighted by Gasteiger charge is -2.11. The molecule has 0 saturated heterocycles.